The first-order valence-corrected chi connectivity index (χ1v) is 6.49. The quantitative estimate of drug-likeness (QED) is 0.523. The maximum atomic E-state index is 10.7. The molecule has 0 bridgehead atoms. The van der Waals surface area contributed by atoms with E-state index in [1.165, 1.54) is 7.11 Å². The lowest BCUT2D eigenvalue weighted by Gasteiger charge is -2.00. The highest BCUT2D eigenvalue weighted by Gasteiger charge is 2.03. The van der Waals surface area contributed by atoms with Crippen LogP contribution >= 0.6 is 0 Å². The Morgan fingerprint density at radius 3 is 1.95 bits per heavy atom. The largest absolute Gasteiger partial charge is 0.466 e. The summed E-state index contributed by atoms with van der Waals surface area (Å²) < 4.78 is 9.18. The molecule has 0 spiro atoms. The SMILES string of the molecule is C.C=C(C)C(=O)OCCC.C=C(CCCC)C(=O)OC. The summed E-state index contributed by atoms with van der Waals surface area (Å²) in [5.41, 5.74) is 1.04. The molecule has 0 aliphatic carbocycles. The lowest BCUT2D eigenvalue weighted by atomic mass is 10.1. The van der Waals surface area contributed by atoms with Gasteiger partial charge in [0.1, 0.15) is 0 Å². The van der Waals surface area contributed by atoms with Gasteiger partial charge < -0.3 is 9.47 Å². The average Bonchev–Trinajstić information content (AvgIpc) is 2.41. The van der Waals surface area contributed by atoms with E-state index in [9.17, 15) is 9.59 Å². The Morgan fingerprint density at radius 1 is 1.05 bits per heavy atom. The normalized spacial score (nSPS) is 8.40. The number of hydrogen-bond acceptors (Lipinski definition) is 4. The molecule has 0 aliphatic heterocycles. The molecular formula is C16H30O4. The highest BCUT2D eigenvalue weighted by atomic mass is 16.5. The Kier molecular flexibility index (Phi) is 18.2. The number of carbonyl (C=O) groups excluding carboxylic acids is 2. The molecule has 0 radical (unpaired) electrons. The van der Waals surface area contributed by atoms with Gasteiger partial charge >= 0.3 is 11.9 Å². The number of hydrogen-bond donors (Lipinski definition) is 0. The first-order valence-electron chi connectivity index (χ1n) is 6.49. The van der Waals surface area contributed by atoms with E-state index in [0.717, 1.165) is 25.7 Å². The molecule has 0 amide bonds. The van der Waals surface area contributed by atoms with Crippen molar-refractivity contribution in [2.24, 2.45) is 0 Å². The van der Waals surface area contributed by atoms with Gasteiger partial charge in [0.25, 0.3) is 0 Å². The predicted molar refractivity (Wildman–Crippen MR) is 83.5 cm³/mol. The summed E-state index contributed by atoms with van der Waals surface area (Å²) in [6.07, 6.45) is 3.70. The molecule has 118 valence electrons. The molecular weight excluding hydrogens is 256 g/mol. The second kappa shape index (κ2) is 15.5. The summed E-state index contributed by atoms with van der Waals surface area (Å²) in [7, 11) is 1.37. The molecule has 0 heterocycles. The first kappa shape index (κ1) is 23.5. The van der Waals surface area contributed by atoms with Crippen molar-refractivity contribution >= 4 is 11.9 Å². The van der Waals surface area contributed by atoms with Gasteiger partial charge in [0.15, 0.2) is 0 Å². The van der Waals surface area contributed by atoms with Crippen molar-refractivity contribution in [3.8, 4) is 0 Å². The van der Waals surface area contributed by atoms with Crippen LogP contribution in [0.2, 0.25) is 0 Å². The van der Waals surface area contributed by atoms with Crippen LogP contribution in [0.5, 0.6) is 0 Å². The number of methoxy groups -OCH3 is 1. The summed E-state index contributed by atoms with van der Waals surface area (Å²) in [5.74, 6) is -0.578. The third-order valence-electron chi connectivity index (χ3n) is 2.09. The van der Waals surface area contributed by atoms with Gasteiger partial charge in [-0.1, -0.05) is 40.9 Å². The van der Waals surface area contributed by atoms with Gasteiger partial charge in [-0.15, -0.1) is 0 Å². The lowest BCUT2D eigenvalue weighted by Crippen LogP contribution is -2.04. The Bertz CT molecular complexity index is 306. The van der Waals surface area contributed by atoms with Gasteiger partial charge in [-0.25, -0.2) is 9.59 Å². The van der Waals surface area contributed by atoms with Crippen LogP contribution in [0.1, 0.15) is 53.9 Å². The molecule has 0 atom stereocenters. The van der Waals surface area contributed by atoms with Gasteiger partial charge in [-0.3, -0.25) is 0 Å². The first-order chi connectivity index (χ1) is 8.90. The fourth-order valence-electron chi connectivity index (χ4n) is 0.955. The van der Waals surface area contributed by atoms with Crippen LogP contribution in [-0.4, -0.2) is 25.7 Å². The van der Waals surface area contributed by atoms with E-state index in [1.54, 1.807) is 6.92 Å². The zero-order valence-corrected chi connectivity index (χ0v) is 12.6. The lowest BCUT2D eigenvalue weighted by molar-refractivity contribution is -0.139. The number of carbonyl (C=O) groups is 2. The Morgan fingerprint density at radius 2 is 1.60 bits per heavy atom. The Labute approximate surface area is 123 Å². The molecule has 4 nitrogen and oxygen atoms in total. The molecule has 0 rings (SSSR count). The number of esters is 2. The van der Waals surface area contributed by atoms with Crippen molar-refractivity contribution in [2.75, 3.05) is 13.7 Å². The summed E-state index contributed by atoms with van der Waals surface area (Å²) in [6.45, 7) is 13.2. The fraction of sp³-hybridized carbons (Fsp3) is 0.625. The minimum Gasteiger partial charge on any atom is -0.466 e. The molecule has 0 saturated heterocycles. The van der Waals surface area contributed by atoms with Crippen LogP contribution in [0.3, 0.4) is 0 Å². The molecule has 0 N–H and O–H groups in total. The van der Waals surface area contributed by atoms with Crippen LogP contribution in [-0.2, 0) is 19.1 Å². The highest BCUT2D eigenvalue weighted by Crippen LogP contribution is 2.05. The third-order valence-corrected chi connectivity index (χ3v) is 2.09. The van der Waals surface area contributed by atoms with E-state index in [0.29, 0.717) is 17.8 Å². The van der Waals surface area contributed by atoms with Gasteiger partial charge in [0.2, 0.25) is 0 Å². The molecule has 0 aromatic rings. The summed E-state index contributed by atoms with van der Waals surface area (Å²) >= 11 is 0. The van der Waals surface area contributed by atoms with E-state index >= 15 is 0 Å². The van der Waals surface area contributed by atoms with Gasteiger partial charge in [0, 0.05) is 11.1 Å². The van der Waals surface area contributed by atoms with Crippen molar-refractivity contribution in [1.82, 2.24) is 0 Å². The average molecular weight is 286 g/mol. The van der Waals surface area contributed by atoms with Crippen molar-refractivity contribution in [1.29, 1.82) is 0 Å². The summed E-state index contributed by atoms with van der Waals surface area (Å²) in [5, 5.41) is 0. The van der Waals surface area contributed by atoms with Crippen LogP contribution in [0.25, 0.3) is 0 Å². The smallest absolute Gasteiger partial charge is 0.333 e. The maximum absolute atomic E-state index is 10.7. The minimum atomic E-state index is -0.295. The van der Waals surface area contributed by atoms with Crippen molar-refractivity contribution in [3.63, 3.8) is 0 Å². The molecule has 20 heavy (non-hydrogen) atoms. The highest BCUT2D eigenvalue weighted by molar-refractivity contribution is 5.87. The van der Waals surface area contributed by atoms with E-state index in [4.69, 9.17) is 4.74 Å². The van der Waals surface area contributed by atoms with Crippen LogP contribution in [0.4, 0.5) is 0 Å². The van der Waals surface area contributed by atoms with E-state index in [2.05, 4.69) is 24.8 Å². The zero-order valence-electron chi connectivity index (χ0n) is 12.6. The molecule has 0 aliphatic rings. The molecule has 4 heteroatoms. The number of unbranched alkanes of at least 4 members (excludes halogenated alkanes) is 1. The Balaban J connectivity index is -0.000000277. The van der Waals surface area contributed by atoms with Crippen molar-refractivity contribution in [3.05, 3.63) is 24.3 Å². The van der Waals surface area contributed by atoms with Gasteiger partial charge in [-0.05, 0) is 26.2 Å². The van der Waals surface area contributed by atoms with Gasteiger partial charge in [-0.2, -0.15) is 0 Å². The predicted octanol–water partition coefficient (Wildman–Crippen LogP) is 4.06. The van der Waals surface area contributed by atoms with Crippen LogP contribution in [0.15, 0.2) is 24.3 Å². The molecule has 0 aromatic heterocycles. The number of rotatable bonds is 7. The van der Waals surface area contributed by atoms with Crippen molar-refractivity contribution < 1.29 is 19.1 Å². The minimum absolute atomic E-state index is 0. The third kappa shape index (κ3) is 14.5. The zero-order chi connectivity index (χ0) is 15.3. The number of ether oxygens (including phenoxy) is 2. The maximum Gasteiger partial charge on any atom is 0.333 e. The fourth-order valence-corrected chi connectivity index (χ4v) is 0.955. The van der Waals surface area contributed by atoms with Crippen LogP contribution in [0, 0.1) is 0 Å². The monoisotopic (exact) mass is 286 g/mol. The van der Waals surface area contributed by atoms with E-state index in [-0.39, 0.29) is 19.4 Å². The molecule has 0 unspecified atom stereocenters. The standard InChI is InChI=1S/C8H14O2.C7H12O2.CH4/c1-4-5-6-7(2)8(9)10-3;1-4-5-9-7(8)6(2)3;/h2,4-6H2,1,3H3;2,4-5H2,1,3H3;1H4. The second-order valence-corrected chi connectivity index (χ2v) is 4.11. The molecule has 0 aromatic carbocycles. The van der Waals surface area contributed by atoms with Crippen molar-refractivity contribution in [2.45, 2.75) is 53.9 Å². The van der Waals surface area contributed by atoms with E-state index in [1.807, 2.05) is 6.92 Å². The molecule has 0 saturated carbocycles. The second-order valence-electron chi connectivity index (χ2n) is 4.11. The van der Waals surface area contributed by atoms with Crippen LogP contribution < -0.4 is 0 Å². The Hall–Kier alpha value is -1.58. The summed E-state index contributed by atoms with van der Waals surface area (Å²) in [4.78, 5) is 21.3. The summed E-state index contributed by atoms with van der Waals surface area (Å²) in [6, 6.07) is 0. The van der Waals surface area contributed by atoms with E-state index < -0.39 is 0 Å². The molecule has 0 fully saturated rings. The van der Waals surface area contributed by atoms with Gasteiger partial charge in [0.05, 0.1) is 13.7 Å². The topological polar surface area (TPSA) is 52.6 Å².